The topological polar surface area (TPSA) is 114 Å². The molecule has 0 spiro atoms. The van der Waals surface area contributed by atoms with Gasteiger partial charge in [0.25, 0.3) is 5.91 Å². The summed E-state index contributed by atoms with van der Waals surface area (Å²) in [6.45, 7) is 7.71. The van der Waals surface area contributed by atoms with Crippen molar-refractivity contribution in [3.05, 3.63) is 40.4 Å². The molecule has 41 heavy (non-hydrogen) atoms. The molecule has 3 aliphatic heterocycles. The summed E-state index contributed by atoms with van der Waals surface area (Å²) in [4.78, 5) is 40.0. The number of piperazine rings is 1. The summed E-state index contributed by atoms with van der Waals surface area (Å²) in [7, 11) is 1.57. The number of aryl methyl sites for hydroxylation is 1. The normalized spacial score (nSPS) is 22.7. The minimum atomic E-state index is -4.79. The van der Waals surface area contributed by atoms with Crippen LogP contribution in [0.15, 0.2) is 18.7 Å². The van der Waals surface area contributed by atoms with Crippen molar-refractivity contribution in [1.29, 1.82) is 0 Å². The summed E-state index contributed by atoms with van der Waals surface area (Å²) in [5.41, 5.74) is 3.89. The Labute approximate surface area is 239 Å². The van der Waals surface area contributed by atoms with E-state index in [1.54, 1.807) is 16.9 Å². The Morgan fingerprint density at radius 3 is 2.61 bits per heavy atom. The second-order valence-corrected chi connectivity index (χ2v) is 10.8. The number of amides is 2. The fourth-order valence-electron chi connectivity index (χ4n) is 5.82. The standard InChI is InChI=1S/C27H30ClF3N6O4/c1-5-18(38)35-6-7-36-15(10-35)12-41-24-19(26(36)39)25(37-11-16(40-4)9-14(37)3)34-23(21(24)28)22-20(27(29,30)31)13(2)8-17(32)33-22/h5,8,14-16H,1,6-7,9-12H2,2-4H3,(H2,32,33)/t14?,15-,16+/m1/s1. The highest BCUT2D eigenvalue weighted by Crippen LogP contribution is 2.47. The first-order valence-electron chi connectivity index (χ1n) is 13.1. The van der Waals surface area contributed by atoms with Crippen molar-refractivity contribution >= 4 is 35.1 Å². The van der Waals surface area contributed by atoms with Gasteiger partial charge in [-0.25, -0.2) is 9.97 Å². The number of hydrogen-bond donors (Lipinski definition) is 1. The van der Waals surface area contributed by atoms with Gasteiger partial charge in [-0.3, -0.25) is 9.59 Å². The number of rotatable bonds is 4. The Bertz CT molecular complexity index is 1420. The molecule has 10 nitrogen and oxygen atoms in total. The number of nitrogens with two attached hydrogens (primary N) is 1. The van der Waals surface area contributed by atoms with E-state index in [0.717, 1.165) is 6.07 Å². The first-order valence-corrected chi connectivity index (χ1v) is 13.5. The zero-order valence-electron chi connectivity index (χ0n) is 22.8. The van der Waals surface area contributed by atoms with E-state index in [0.29, 0.717) is 13.0 Å². The van der Waals surface area contributed by atoms with E-state index in [-0.39, 0.29) is 83.5 Å². The lowest BCUT2D eigenvalue weighted by atomic mass is 10.0. The lowest BCUT2D eigenvalue weighted by Crippen LogP contribution is -2.57. The van der Waals surface area contributed by atoms with E-state index in [2.05, 4.69) is 16.5 Å². The fourth-order valence-corrected chi connectivity index (χ4v) is 6.10. The third kappa shape index (κ3) is 5.05. The van der Waals surface area contributed by atoms with E-state index in [9.17, 15) is 22.8 Å². The van der Waals surface area contributed by atoms with Gasteiger partial charge in [0.1, 0.15) is 40.2 Å². The van der Waals surface area contributed by atoms with Gasteiger partial charge in [0.05, 0.1) is 17.7 Å². The van der Waals surface area contributed by atoms with Crippen LogP contribution < -0.4 is 15.4 Å². The highest BCUT2D eigenvalue weighted by molar-refractivity contribution is 6.35. The van der Waals surface area contributed by atoms with Crippen LogP contribution in [0.25, 0.3) is 11.4 Å². The predicted molar refractivity (Wildman–Crippen MR) is 146 cm³/mol. The van der Waals surface area contributed by atoms with Crippen LogP contribution in [0.5, 0.6) is 5.75 Å². The van der Waals surface area contributed by atoms with Gasteiger partial charge in [-0.05, 0) is 38.0 Å². The molecule has 0 radical (unpaired) electrons. The number of aromatic nitrogens is 2. The average Bonchev–Trinajstić information content (AvgIpc) is 3.22. The maximum atomic E-state index is 14.3. The number of nitrogen functional groups attached to an aromatic ring is 1. The largest absolute Gasteiger partial charge is 0.489 e. The van der Waals surface area contributed by atoms with Crippen molar-refractivity contribution in [1.82, 2.24) is 19.8 Å². The highest BCUT2D eigenvalue weighted by atomic mass is 35.5. The Hall–Kier alpha value is -3.58. The van der Waals surface area contributed by atoms with Crippen LogP contribution in [0.1, 0.15) is 34.8 Å². The monoisotopic (exact) mass is 594 g/mol. The molecule has 5 rings (SSSR count). The number of alkyl halides is 3. The van der Waals surface area contributed by atoms with Gasteiger partial charge >= 0.3 is 6.18 Å². The minimum Gasteiger partial charge on any atom is -0.489 e. The minimum absolute atomic E-state index is 0.0440. The molecule has 2 N–H and O–H groups in total. The van der Waals surface area contributed by atoms with E-state index in [4.69, 9.17) is 26.8 Å². The number of pyridine rings is 2. The number of fused-ring (bicyclic) bond motifs is 2. The molecule has 2 aromatic rings. The summed E-state index contributed by atoms with van der Waals surface area (Å²) in [6, 6.07) is 0.433. The summed E-state index contributed by atoms with van der Waals surface area (Å²) in [5, 5.41) is -0.283. The van der Waals surface area contributed by atoms with E-state index in [1.165, 1.54) is 13.0 Å². The van der Waals surface area contributed by atoms with Crippen LogP contribution in [0.4, 0.5) is 24.8 Å². The molecule has 5 heterocycles. The van der Waals surface area contributed by atoms with Gasteiger partial charge in [0.2, 0.25) is 5.91 Å². The Balaban J connectivity index is 1.72. The van der Waals surface area contributed by atoms with Crippen molar-refractivity contribution < 1.29 is 32.2 Å². The molecule has 2 fully saturated rings. The number of nitrogens with zero attached hydrogens (tertiary/aromatic N) is 5. The van der Waals surface area contributed by atoms with Crippen LogP contribution >= 0.6 is 11.6 Å². The lowest BCUT2D eigenvalue weighted by Gasteiger charge is -2.39. The lowest BCUT2D eigenvalue weighted by molar-refractivity contribution is -0.137. The Kier molecular flexibility index (Phi) is 7.53. The van der Waals surface area contributed by atoms with Gasteiger partial charge in [0, 0.05) is 39.3 Å². The highest BCUT2D eigenvalue weighted by Gasteiger charge is 2.44. The number of ether oxygens (including phenoxy) is 2. The third-order valence-electron chi connectivity index (χ3n) is 7.83. The SMILES string of the molecule is C=CC(=O)N1CCN2C(=O)c3c(N4C[C@@H](OC)CC4C)nc(-c4nc(N)cc(C)c4C(F)(F)F)c(Cl)c3OC[C@H]2C1. The number of methoxy groups -OCH3 is 1. The van der Waals surface area contributed by atoms with E-state index < -0.39 is 29.4 Å². The number of carbonyl (C=O) groups is 2. The zero-order valence-corrected chi connectivity index (χ0v) is 23.6. The molecule has 3 atom stereocenters. The Morgan fingerprint density at radius 1 is 1.24 bits per heavy atom. The predicted octanol–water partition coefficient (Wildman–Crippen LogP) is 3.55. The van der Waals surface area contributed by atoms with Crippen molar-refractivity contribution in [3.8, 4) is 17.1 Å². The van der Waals surface area contributed by atoms with Gasteiger partial charge < -0.3 is 29.9 Å². The second kappa shape index (κ2) is 10.7. The van der Waals surface area contributed by atoms with Gasteiger partial charge in [0.15, 0.2) is 5.75 Å². The fraction of sp³-hybridized carbons (Fsp3) is 0.481. The molecule has 0 aromatic carbocycles. The van der Waals surface area contributed by atoms with Gasteiger partial charge in [-0.15, -0.1) is 0 Å². The smallest absolute Gasteiger partial charge is 0.418 e. The van der Waals surface area contributed by atoms with Crippen molar-refractivity contribution in [3.63, 3.8) is 0 Å². The number of anilines is 2. The Morgan fingerprint density at radius 2 is 1.98 bits per heavy atom. The quantitative estimate of drug-likeness (QED) is 0.535. The van der Waals surface area contributed by atoms with Crippen molar-refractivity contribution in [2.24, 2.45) is 0 Å². The summed E-state index contributed by atoms with van der Waals surface area (Å²) in [6.07, 6.45) is -3.18. The summed E-state index contributed by atoms with van der Waals surface area (Å²) in [5.74, 6) is -0.826. The molecule has 0 bridgehead atoms. The molecule has 14 heteroatoms. The second-order valence-electron chi connectivity index (χ2n) is 10.4. The van der Waals surface area contributed by atoms with Crippen LogP contribution in [0, 0.1) is 6.92 Å². The van der Waals surface area contributed by atoms with Crippen LogP contribution in [-0.4, -0.2) is 89.7 Å². The number of hydrogen-bond acceptors (Lipinski definition) is 8. The van der Waals surface area contributed by atoms with Crippen molar-refractivity contribution in [2.45, 2.75) is 44.6 Å². The first-order chi connectivity index (χ1) is 19.3. The molecule has 3 aliphatic rings. The molecular formula is C27H30ClF3N6O4. The molecule has 1 unspecified atom stereocenters. The molecule has 2 saturated heterocycles. The molecule has 220 valence electrons. The van der Waals surface area contributed by atoms with Crippen molar-refractivity contribution in [2.75, 3.05) is 50.5 Å². The van der Waals surface area contributed by atoms with Gasteiger partial charge in [-0.2, -0.15) is 13.2 Å². The molecule has 0 aliphatic carbocycles. The van der Waals surface area contributed by atoms with E-state index in [1.807, 2.05) is 11.8 Å². The van der Waals surface area contributed by atoms with E-state index >= 15 is 0 Å². The van der Waals surface area contributed by atoms with Gasteiger partial charge in [-0.1, -0.05) is 18.2 Å². The maximum absolute atomic E-state index is 14.3. The average molecular weight is 595 g/mol. The maximum Gasteiger partial charge on any atom is 0.418 e. The number of halogens is 4. The molecule has 2 amide bonds. The summed E-state index contributed by atoms with van der Waals surface area (Å²) < 4.78 is 54.6. The third-order valence-corrected chi connectivity index (χ3v) is 8.18. The van der Waals surface area contributed by atoms with Crippen LogP contribution in [0.2, 0.25) is 5.02 Å². The zero-order chi connectivity index (χ0) is 29.8. The molecule has 0 saturated carbocycles. The van der Waals surface area contributed by atoms with Crippen LogP contribution in [-0.2, 0) is 15.7 Å². The molecular weight excluding hydrogens is 565 g/mol. The first kappa shape index (κ1) is 28.9. The summed E-state index contributed by atoms with van der Waals surface area (Å²) >= 11 is 6.77. The molecule has 2 aromatic heterocycles. The number of carbonyl (C=O) groups excluding carboxylic acids is 2. The van der Waals surface area contributed by atoms with Crippen LogP contribution in [0.3, 0.4) is 0 Å².